The third-order valence-electron chi connectivity index (χ3n) is 1.52. The number of hydrogen-bond acceptors (Lipinski definition) is 2. The van der Waals surface area contributed by atoms with E-state index in [2.05, 4.69) is 24.2 Å². The zero-order valence-corrected chi connectivity index (χ0v) is 8.41. The molecule has 1 heterocycles. The first kappa shape index (κ1) is 9.52. The molecule has 0 aliphatic heterocycles. The van der Waals surface area contributed by atoms with Crippen LogP contribution in [0, 0.1) is 5.92 Å². The molecule has 68 valence electrons. The molecule has 12 heavy (non-hydrogen) atoms. The smallest absolute Gasteiger partial charge is 0.100 e. The van der Waals surface area contributed by atoms with Crippen LogP contribution in [0.15, 0.2) is 6.20 Å². The van der Waals surface area contributed by atoms with E-state index in [1.165, 1.54) is 0 Å². The van der Waals surface area contributed by atoms with Crippen molar-refractivity contribution in [1.82, 2.24) is 15.0 Å². The van der Waals surface area contributed by atoms with Crippen molar-refractivity contribution in [2.24, 2.45) is 5.92 Å². The highest BCUT2D eigenvalue weighted by Gasteiger charge is 2.06. The first-order valence-electron chi connectivity index (χ1n) is 4.13. The Bertz CT molecular complexity index is 242. The maximum Gasteiger partial charge on any atom is 0.100 e. The topological polar surface area (TPSA) is 30.7 Å². The summed E-state index contributed by atoms with van der Waals surface area (Å²) >= 11 is 5.84. The Balaban J connectivity index is 2.64. The number of nitrogens with zero attached hydrogens (tertiary/aromatic N) is 3. The zero-order chi connectivity index (χ0) is 9.14. The number of hydrogen-bond donors (Lipinski definition) is 0. The number of rotatable bonds is 3. The van der Waals surface area contributed by atoms with Gasteiger partial charge in [-0.05, 0) is 12.8 Å². The normalized spacial score (nSPS) is 13.8. The van der Waals surface area contributed by atoms with Gasteiger partial charge in [-0.25, -0.2) is 0 Å². The second-order valence-electron chi connectivity index (χ2n) is 3.38. The molecule has 0 aliphatic carbocycles. The molecule has 1 aromatic heterocycles. The fourth-order valence-corrected chi connectivity index (χ4v) is 1.06. The Morgan fingerprint density at radius 2 is 2.17 bits per heavy atom. The van der Waals surface area contributed by atoms with Crippen LogP contribution in [0.1, 0.15) is 31.8 Å². The summed E-state index contributed by atoms with van der Waals surface area (Å²) in [5, 5.41) is 7.86. The van der Waals surface area contributed by atoms with Gasteiger partial charge in [0.1, 0.15) is 5.69 Å². The lowest BCUT2D eigenvalue weighted by Crippen LogP contribution is -2.04. The highest BCUT2D eigenvalue weighted by Crippen LogP contribution is 2.15. The van der Waals surface area contributed by atoms with Crippen LogP contribution in [-0.2, 0) is 6.54 Å². The Hall–Kier alpha value is -0.570. The minimum Gasteiger partial charge on any atom is -0.252 e. The second kappa shape index (κ2) is 3.90. The molecule has 1 aromatic rings. The fourth-order valence-electron chi connectivity index (χ4n) is 0.959. The van der Waals surface area contributed by atoms with Crippen LogP contribution in [0.5, 0.6) is 0 Å². The Labute approximate surface area is 77.7 Å². The number of aromatic nitrogens is 3. The molecule has 0 saturated heterocycles. The predicted molar refractivity (Wildman–Crippen MR) is 49.1 cm³/mol. The summed E-state index contributed by atoms with van der Waals surface area (Å²) in [5.41, 5.74) is 0.845. The first-order chi connectivity index (χ1) is 5.59. The average Bonchev–Trinajstić information content (AvgIpc) is 2.34. The standard InChI is InChI=1S/C8H14ClN3/c1-6(2)4-12-5-8(7(3)9)10-11-12/h5-7H,4H2,1-3H3. The van der Waals surface area contributed by atoms with Crippen LogP contribution >= 0.6 is 11.6 Å². The maximum atomic E-state index is 5.84. The summed E-state index contributed by atoms with van der Waals surface area (Å²) in [6.45, 7) is 7.08. The Morgan fingerprint density at radius 1 is 1.50 bits per heavy atom. The largest absolute Gasteiger partial charge is 0.252 e. The lowest BCUT2D eigenvalue weighted by Gasteiger charge is -2.01. The van der Waals surface area contributed by atoms with Gasteiger partial charge in [-0.15, -0.1) is 16.7 Å². The quantitative estimate of drug-likeness (QED) is 0.680. The van der Waals surface area contributed by atoms with Crippen LogP contribution in [0.4, 0.5) is 0 Å². The van der Waals surface area contributed by atoms with Gasteiger partial charge in [0.05, 0.1) is 5.38 Å². The number of halogens is 1. The molecule has 1 atom stereocenters. The van der Waals surface area contributed by atoms with Crippen molar-refractivity contribution in [3.8, 4) is 0 Å². The van der Waals surface area contributed by atoms with Crippen LogP contribution in [0.2, 0.25) is 0 Å². The van der Waals surface area contributed by atoms with Crippen molar-refractivity contribution < 1.29 is 0 Å². The van der Waals surface area contributed by atoms with Crippen molar-refractivity contribution in [1.29, 1.82) is 0 Å². The Morgan fingerprint density at radius 3 is 2.58 bits per heavy atom. The van der Waals surface area contributed by atoms with E-state index in [-0.39, 0.29) is 5.38 Å². The van der Waals surface area contributed by atoms with Gasteiger partial charge in [0.25, 0.3) is 0 Å². The molecular weight excluding hydrogens is 174 g/mol. The van der Waals surface area contributed by atoms with Gasteiger partial charge in [0.15, 0.2) is 0 Å². The van der Waals surface area contributed by atoms with Crippen LogP contribution in [-0.4, -0.2) is 15.0 Å². The molecule has 3 nitrogen and oxygen atoms in total. The molecule has 0 amide bonds. The molecular formula is C8H14ClN3. The monoisotopic (exact) mass is 187 g/mol. The fraction of sp³-hybridized carbons (Fsp3) is 0.750. The number of alkyl halides is 1. The SMILES string of the molecule is CC(C)Cn1cc(C(C)Cl)nn1. The lowest BCUT2D eigenvalue weighted by molar-refractivity contribution is 0.472. The van der Waals surface area contributed by atoms with Crippen molar-refractivity contribution in [2.45, 2.75) is 32.7 Å². The van der Waals surface area contributed by atoms with Gasteiger partial charge in [-0.1, -0.05) is 19.1 Å². The summed E-state index contributed by atoms with van der Waals surface area (Å²) < 4.78 is 1.83. The van der Waals surface area contributed by atoms with E-state index in [1.54, 1.807) is 0 Å². The molecule has 0 saturated carbocycles. The predicted octanol–water partition coefficient (Wildman–Crippen LogP) is 2.23. The molecule has 0 aromatic carbocycles. The van der Waals surface area contributed by atoms with E-state index in [0.717, 1.165) is 12.2 Å². The molecule has 1 rings (SSSR count). The Kier molecular flexibility index (Phi) is 3.09. The summed E-state index contributed by atoms with van der Waals surface area (Å²) in [4.78, 5) is 0. The molecule has 0 aliphatic rings. The van der Waals surface area contributed by atoms with E-state index in [9.17, 15) is 0 Å². The van der Waals surface area contributed by atoms with Crippen molar-refractivity contribution >= 4 is 11.6 Å². The lowest BCUT2D eigenvalue weighted by atomic mass is 10.2. The van der Waals surface area contributed by atoms with E-state index < -0.39 is 0 Å². The molecule has 0 fully saturated rings. The van der Waals surface area contributed by atoms with Crippen molar-refractivity contribution in [3.63, 3.8) is 0 Å². The summed E-state index contributed by atoms with van der Waals surface area (Å²) in [5.74, 6) is 0.588. The van der Waals surface area contributed by atoms with E-state index in [4.69, 9.17) is 11.6 Å². The summed E-state index contributed by atoms with van der Waals surface area (Å²) in [6, 6.07) is 0. The molecule has 4 heteroatoms. The highest BCUT2D eigenvalue weighted by atomic mass is 35.5. The van der Waals surface area contributed by atoms with E-state index in [0.29, 0.717) is 5.92 Å². The van der Waals surface area contributed by atoms with E-state index >= 15 is 0 Å². The summed E-state index contributed by atoms with van der Waals surface area (Å²) in [6.07, 6.45) is 1.90. The molecule has 0 radical (unpaired) electrons. The van der Waals surface area contributed by atoms with Gasteiger partial charge in [0, 0.05) is 12.7 Å². The highest BCUT2D eigenvalue weighted by molar-refractivity contribution is 6.20. The minimum atomic E-state index is -0.0501. The third kappa shape index (κ3) is 2.48. The van der Waals surface area contributed by atoms with E-state index in [1.807, 2.05) is 17.8 Å². The maximum absolute atomic E-state index is 5.84. The van der Waals surface area contributed by atoms with Gasteiger partial charge >= 0.3 is 0 Å². The van der Waals surface area contributed by atoms with Gasteiger partial charge in [-0.3, -0.25) is 4.68 Å². The summed E-state index contributed by atoms with van der Waals surface area (Å²) in [7, 11) is 0. The van der Waals surface area contributed by atoms with Gasteiger partial charge in [0.2, 0.25) is 0 Å². The molecule has 0 spiro atoms. The van der Waals surface area contributed by atoms with Crippen LogP contribution in [0.25, 0.3) is 0 Å². The second-order valence-corrected chi connectivity index (χ2v) is 4.03. The molecule has 1 unspecified atom stereocenters. The average molecular weight is 188 g/mol. The van der Waals surface area contributed by atoms with Crippen molar-refractivity contribution in [2.75, 3.05) is 0 Å². The first-order valence-corrected chi connectivity index (χ1v) is 4.57. The van der Waals surface area contributed by atoms with Crippen LogP contribution < -0.4 is 0 Å². The molecule has 0 N–H and O–H groups in total. The zero-order valence-electron chi connectivity index (χ0n) is 7.66. The van der Waals surface area contributed by atoms with Gasteiger partial charge in [-0.2, -0.15) is 0 Å². The van der Waals surface area contributed by atoms with Crippen LogP contribution in [0.3, 0.4) is 0 Å². The van der Waals surface area contributed by atoms with Gasteiger partial charge < -0.3 is 0 Å². The van der Waals surface area contributed by atoms with Crippen molar-refractivity contribution in [3.05, 3.63) is 11.9 Å². The third-order valence-corrected chi connectivity index (χ3v) is 1.74. The minimum absolute atomic E-state index is 0.0501. The molecule has 0 bridgehead atoms.